The second-order valence-electron chi connectivity index (χ2n) is 6.59. The number of amides is 1. The van der Waals surface area contributed by atoms with Gasteiger partial charge < -0.3 is 14.8 Å². The van der Waals surface area contributed by atoms with Crippen LogP contribution in [0.15, 0.2) is 29.3 Å². The quantitative estimate of drug-likeness (QED) is 0.518. The Hall–Kier alpha value is -3.24. The van der Waals surface area contributed by atoms with Crippen LogP contribution in [0.2, 0.25) is 5.02 Å². The van der Waals surface area contributed by atoms with Crippen LogP contribution in [0.1, 0.15) is 39.4 Å². The molecule has 0 fully saturated rings. The molecular weight excluding hydrogens is 458 g/mol. The highest BCUT2D eigenvalue weighted by atomic mass is 35.5. The lowest BCUT2D eigenvalue weighted by Gasteiger charge is -2.09. The third-order valence-corrected chi connectivity index (χ3v) is 5.86. The summed E-state index contributed by atoms with van der Waals surface area (Å²) in [5.74, 6) is -1.86. The van der Waals surface area contributed by atoms with Crippen molar-refractivity contribution in [1.82, 2.24) is 9.55 Å². The van der Waals surface area contributed by atoms with Crippen LogP contribution >= 0.6 is 22.9 Å². The van der Waals surface area contributed by atoms with Crippen molar-refractivity contribution in [2.24, 2.45) is 0 Å². The van der Waals surface area contributed by atoms with Gasteiger partial charge in [0, 0.05) is 5.02 Å². The summed E-state index contributed by atoms with van der Waals surface area (Å²) < 4.78 is 11.2. The van der Waals surface area contributed by atoms with E-state index in [2.05, 4.69) is 10.3 Å². The Balaban J connectivity index is 1.91. The van der Waals surface area contributed by atoms with E-state index in [4.69, 9.17) is 21.1 Å². The topological polar surface area (TPSA) is 117 Å². The Morgan fingerprint density at radius 2 is 1.84 bits per heavy atom. The number of esters is 2. The fourth-order valence-electron chi connectivity index (χ4n) is 3.01. The summed E-state index contributed by atoms with van der Waals surface area (Å²) in [6.07, 6.45) is 1.26. The van der Waals surface area contributed by atoms with Crippen LogP contribution in [-0.4, -0.2) is 40.6 Å². The van der Waals surface area contributed by atoms with Crippen molar-refractivity contribution in [2.75, 3.05) is 18.5 Å². The molecule has 32 heavy (non-hydrogen) atoms. The molecule has 0 unspecified atom stereocenters. The second-order valence-corrected chi connectivity index (χ2v) is 8.05. The van der Waals surface area contributed by atoms with Gasteiger partial charge in [0.05, 0.1) is 36.0 Å². The largest absolute Gasteiger partial charge is 0.462 e. The lowest BCUT2D eigenvalue weighted by Crippen LogP contribution is -2.28. The molecular formula is C21H20ClN3O6S. The SMILES string of the molecule is CCOC(=O)c1sc(NC(=O)Cn2cnc3ccc(Cl)cc3c2=O)c(C(=O)OCC)c1C. The van der Waals surface area contributed by atoms with E-state index in [0.29, 0.717) is 16.1 Å². The van der Waals surface area contributed by atoms with Gasteiger partial charge in [0.25, 0.3) is 5.56 Å². The van der Waals surface area contributed by atoms with Crippen molar-refractivity contribution >= 4 is 56.7 Å². The van der Waals surface area contributed by atoms with E-state index in [1.54, 1.807) is 32.9 Å². The van der Waals surface area contributed by atoms with Crippen molar-refractivity contribution in [3.8, 4) is 0 Å². The molecule has 11 heteroatoms. The average Bonchev–Trinajstić information content (AvgIpc) is 3.06. The first kappa shape index (κ1) is 23.4. The number of carbonyl (C=O) groups is 3. The third-order valence-electron chi connectivity index (χ3n) is 4.44. The fourth-order valence-corrected chi connectivity index (χ4v) is 4.28. The van der Waals surface area contributed by atoms with Crippen LogP contribution in [0.5, 0.6) is 0 Å². The van der Waals surface area contributed by atoms with Crippen molar-refractivity contribution in [2.45, 2.75) is 27.3 Å². The van der Waals surface area contributed by atoms with E-state index in [1.165, 1.54) is 12.4 Å². The molecule has 2 heterocycles. The molecule has 1 aromatic carbocycles. The van der Waals surface area contributed by atoms with Gasteiger partial charge in [-0.15, -0.1) is 11.3 Å². The third kappa shape index (κ3) is 4.81. The smallest absolute Gasteiger partial charge is 0.348 e. The number of nitrogens with one attached hydrogen (secondary N) is 1. The van der Waals surface area contributed by atoms with Gasteiger partial charge in [-0.1, -0.05) is 11.6 Å². The van der Waals surface area contributed by atoms with Crippen LogP contribution in [0.3, 0.4) is 0 Å². The number of halogens is 1. The van der Waals surface area contributed by atoms with Gasteiger partial charge in [-0.05, 0) is 44.5 Å². The van der Waals surface area contributed by atoms with Gasteiger partial charge in [0.15, 0.2) is 0 Å². The van der Waals surface area contributed by atoms with Gasteiger partial charge in [0.2, 0.25) is 5.91 Å². The van der Waals surface area contributed by atoms with E-state index >= 15 is 0 Å². The standard InChI is InChI=1S/C21H20ClN3O6S/c1-4-30-20(28)16-11(3)17(21(29)31-5-2)32-18(16)24-15(26)9-25-10-23-14-7-6-12(22)8-13(14)19(25)27/h6-8,10H,4-5,9H2,1-3H3,(H,24,26). The first-order valence-corrected chi connectivity index (χ1v) is 10.9. The maximum absolute atomic E-state index is 12.7. The molecule has 0 saturated carbocycles. The van der Waals surface area contributed by atoms with E-state index < -0.39 is 23.4 Å². The molecule has 3 rings (SSSR count). The molecule has 0 aliphatic rings. The Kier molecular flexibility index (Phi) is 7.26. The van der Waals surface area contributed by atoms with Crippen LogP contribution in [0, 0.1) is 6.92 Å². The molecule has 0 saturated heterocycles. The highest BCUT2D eigenvalue weighted by molar-refractivity contribution is 7.18. The number of anilines is 1. The van der Waals surface area contributed by atoms with Gasteiger partial charge in [-0.2, -0.15) is 0 Å². The molecule has 1 amide bonds. The van der Waals surface area contributed by atoms with Crippen molar-refractivity contribution in [3.05, 3.63) is 55.9 Å². The second kappa shape index (κ2) is 9.92. The zero-order valence-electron chi connectivity index (χ0n) is 17.6. The molecule has 2 aromatic heterocycles. The molecule has 9 nitrogen and oxygen atoms in total. The molecule has 0 spiro atoms. The molecule has 0 aliphatic heterocycles. The number of aromatic nitrogens is 2. The Morgan fingerprint density at radius 3 is 2.53 bits per heavy atom. The molecule has 0 aliphatic carbocycles. The normalized spacial score (nSPS) is 10.8. The molecule has 3 aromatic rings. The number of carbonyl (C=O) groups excluding carboxylic acids is 3. The maximum atomic E-state index is 12.7. The minimum absolute atomic E-state index is 0.0732. The number of nitrogens with zero attached hydrogens (tertiary/aromatic N) is 2. The summed E-state index contributed by atoms with van der Waals surface area (Å²) in [7, 11) is 0. The first-order chi connectivity index (χ1) is 15.3. The van der Waals surface area contributed by atoms with Gasteiger partial charge >= 0.3 is 11.9 Å². The van der Waals surface area contributed by atoms with Gasteiger partial charge in [0.1, 0.15) is 16.4 Å². The summed E-state index contributed by atoms with van der Waals surface area (Å²) in [5, 5.41) is 3.39. The van der Waals surface area contributed by atoms with E-state index in [1.807, 2.05) is 0 Å². The molecule has 1 N–H and O–H groups in total. The van der Waals surface area contributed by atoms with E-state index in [0.717, 1.165) is 15.9 Å². The highest BCUT2D eigenvalue weighted by Gasteiger charge is 2.27. The van der Waals surface area contributed by atoms with Crippen LogP contribution < -0.4 is 10.9 Å². The predicted octanol–water partition coefficient (Wildman–Crippen LogP) is 3.41. The molecule has 0 atom stereocenters. The minimum atomic E-state index is -0.675. The highest BCUT2D eigenvalue weighted by Crippen LogP contribution is 2.34. The minimum Gasteiger partial charge on any atom is -0.462 e. The maximum Gasteiger partial charge on any atom is 0.348 e. The first-order valence-electron chi connectivity index (χ1n) is 9.68. The number of thiophene rings is 1. The summed E-state index contributed by atoms with van der Waals surface area (Å²) >= 11 is 6.87. The summed E-state index contributed by atoms with van der Waals surface area (Å²) in [5.41, 5.74) is 0.437. The Bertz CT molecular complexity index is 1270. The average molecular weight is 478 g/mol. The Morgan fingerprint density at radius 1 is 1.16 bits per heavy atom. The molecule has 0 radical (unpaired) electrons. The zero-order valence-corrected chi connectivity index (χ0v) is 19.1. The van der Waals surface area contributed by atoms with Gasteiger partial charge in [-0.3, -0.25) is 14.2 Å². The number of benzene rings is 1. The number of rotatable bonds is 7. The van der Waals surface area contributed by atoms with Crippen LogP contribution in [-0.2, 0) is 20.8 Å². The summed E-state index contributed by atoms with van der Waals surface area (Å²) in [6.45, 7) is 4.81. The molecule has 168 valence electrons. The summed E-state index contributed by atoms with van der Waals surface area (Å²) in [4.78, 5) is 54.5. The summed E-state index contributed by atoms with van der Waals surface area (Å²) in [6, 6.07) is 4.71. The number of hydrogen-bond acceptors (Lipinski definition) is 8. The van der Waals surface area contributed by atoms with Crippen molar-refractivity contribution in [3.63, 3.8) is 0 Å². The zero-order chi connectivity index (χ0) is 23.4. The molecule has 0 bridgehead atoms. The van der Waals surface area contributed by atoms with E-state index in [-0.39, 0.29) is 40.6 Å². The predicted molar refractivity (Wildman–Crippen MR) is 121 cm³/mol. The Labute approximate surface area is 191 Å². The van der Waals surface area contributed by atoms with Crippen molar-refractivity contribution in [1.29, 1.82) is 0 Å². The number of ether oxygens (including phenoxy) is 2. The number of hydrogen-bond donors (Lipinski definition) is 1. The van der Waals surface area contributed by atoms with E-state index in [9.17, 15) is 19.2 Å². The lowest BCUT2D eigenvalue weighted by atomic mass is 10.1. The monoisotopic (exact) mass is 477 g/mol. The lowest BCUT2D eigenvalue weighted by molar-refractivity contribution is -0.116. The van der Waals surface area contributed by atoms with Crippen LogP contribution in [0.25, 0.3) is 10.9 Å². The van der Waals surface area contributed by atoms with Crippen molar-refractivity contribution < 1.29 is 23.9 Å². The van der Waals surface area contributed by atoms with Gasteiger partial charge in [-0.25, -0.2) is 14.6 Å². The van der Waals surface area contributed by atoms with Crippen LogP contribution in [0.4, 0.5) is 5.00 Å². The fraction of sp³-hybridized carbons (Fsp3) is 0.286. The number of fused-ring (bicyclic) bond motifs is 1.